The summed E-state index contributed by atoms with van der Waals surface area (Å²) in [5.74, 6) is 0. The Morgan fingerprint density at radius 2 is 2.10 bits per heavy atom. The molecular weight excluding hydrogens is 266 g/mol. The maximum Gasteiger partial charge on any atom is 0.0798 e. The molecule has 2 saturated heterocycles. The number of nitrogens with zero attached hydrogens (tertiary/aromatic N) is 2. The Hall–Kier alpha value is -0.450. The van der Waals surface area contributed by atoms with Crippen LogP contribution in [0.25, 0.3) is 0 Å². The third kappa shape index (κ3) is 3.07. The highest BCUT2D eigenvalue weighted by Gasteiger charge is 2.38. The van der Waals surface area contributed by atoms with Gasteiger partial charge in [-0.2, -0.15) is 0 Å². The van der Waals surface area contributed by atoms with Crippen molar-refractivity contribution in [2.45, 2.75) is 77.0 Å². The van der Waals surface area contributed by atoms with Gasteiger partial charge in [0.05, 0.1) is 11.2 Å². The van der Waals surface area contributed by atoms with E-state index in [0.717, 1.165) is 24.7 Å². The highest BCUT2D eigenvalue weighted by Crippen LogP contribution is 2.36. The van der Waals surface area contributed by atoms with E-state index in [-0.39, 0.29) is 0 Å². The van der Waals surface area contributed by atoms with Gasteiger partial charge in [-0.05, 0) is 45.6 Å². The van der Waals surface area contributed by atoms with Crippen molar-refractivity contribution in [1.29, 1.82) is 0 Å². The standard InChI is InChI=1S/C16H27N3S/c1-3-7-17-13-8-14-5-4-6-15(9-13)19(14)10-16-12(2)18-11-20-16/h11,13-15,17H,3-10H2,1-2H3. The summed E-state index contributed by atoms with van der Waals surface area (Å²) < 4.78 is 0. The van der Waals surface area contributed by atoms with Crippen molar-refractivity contribution in [3.8, 4) is 0 Å². The third-order valence-electron chi connectivity index (χ3n) is 4.98. The van der Waals surface area contributed by atoms with Gasteiger partial charge in [-0.3, -0.25) is 4.90 Å². The van der Waals surface area contributed by atoms with Gasteiger partial charge in [0.15, 0.2) is 0 Å². The molecule has 0 spiro atoms. The normalized spacial score (nSPS) is 30.6. The van der Waals surface area contributed by atoms with Gasteiger partial charge in [-0.25, -0.2) is 4.98 Å². The zero-order valence-electron chi connectivity index (χ0n) is 12.8. The van der Waals surface area contributed by atoms with Crippen LogP contribution in [0.15, 0.2) is 5.51 Å². The molecule has 2 aliphatic rings. The van der Waals surface area contributed by atoms with Crippen LogP contribution < -0.4 is 5.32 Å². The lowest BCUT2D eigenvalue weighted by atomic mass is 9.81. The number of thiazole rings is 1. The summed E-state index contributed by atoms with van der Waals surface area (Å²) in [5.41, 5.74) is 3.23. The maximum absolute atomic E-state index is 4.41. The van der Waals surface area contributed by atoms with E-state index in [0.29, 0.717) is 0 Å². The lowest BCUT2D eigenvalue weighted by Gasteiger charge is -2.49. The fourth-order valence-corrected chi connectivity index (χ4v) is 4.68. The number of aryl methyl sites for hydroxylation is 1. The minimum Gasteiger partial charge on any atom is -0.314 e. The van der Waals surface area contributed by atoms with Gasteiger partial charge < -0.3 is 5.32 Å². The predicted molar refractivity (Wildman–Crippen MR) is 85.1 cm³/mol. The smallest absolute Gasteiger partial charge is 0.0798 e. The largest absolute Gasteiger partial charge is 0.314 e. The quantitative estimate of drug-likeness (QED) is 0.902. The van der Waals surface area contributed by atoms with E-state index in [1.54, 1.807) is 0 Å². The molecule has 2 atom stereocenters. The number of hydrogen-bond acceptors (Lipinski definition) is 4. The van der Waals surface area contributed by atoms with Crippen LogP contribution in [0.2, 0.25) is 0 Å². The van der Waals surface area contributed by atoms with Crippen molar-refractivity contribution in [2.24, 2.45) is 0 Å². The fourth-order valence-electron chi connectivity index (χ4n) is 3.90. The first kappa shape index (κ1) is 14.5. The molecule has 2 fully saturated rings. The average Bonchev–Trinajstić information content (AvgIpc) is 2.82. The highest BCUT2D eigenvalue weighted by molar-refractivity contribution is 7.09. The van der Waals surface area contributed by atoms with Gasteiger partial charge in [0.2, 0.25) is 0 Å². The van der Waals surface area contributed by atoms with E-state index in [4.69, 9.17) is 0 Å². The SMILES string of the molecule is CCCNC1CC2CCCC(C1)N2Cc1scnc1C. The molecule has 2 unspecified atom stereocenters. The number of nitrogens with one attached hydrogen (secondary N) is 1. The van der Waals surface area contributed by atoms with Crippen LogP contribution in [-0.4, -0.2) is 34.6 Å². The number of rotatable bonds is 5. The Balaban J connectivity index is 1.65. The van der Waals surface area contributed by atoms with E-state index in [9.17, 15) is 0 Å². The Morgan fingerprint density at radius 3 is 2.70 bits per heavy atom. The molecule has 3 rings (SSSR count). The van der Waals surface area contributed by atoms with Crippen molar-refractivity contribution in [1.82, 2.24) is 15.2 Å². The molecule has 4 heteroatoms. The van der Waals surface area contributed by atoms with Crippen molar-refractivity contribution in [3.63, 3.8) is 0 Å². The molecule has 0 radical (unpaired) electrons. The zero-order chi connectivity index (χ0) is 13.9. The van der Waals surface area contributed by atoms with Gasteiger partial charge in [0.1, 0.15) is 0 Å². The molecule has 1 N–H and O–H groups in total. The van der Waals surface area contributed by atoms with Crippen LogP contribution in [0, 0.1) is 6.92 Å². The molecule has 1 aromatic heterocycles. The van der Waals surface area contributed by atoms with Crippen LogP contribution >= 0.6 is 11.3 Å². The van der Waals surface area contributed by atoms with Crippen LogP contribution in [0.1, 0.15) is 56.0 Å². The van der Waals surface area contributed by atoms with Crippen molar-refractivity contribution < 1.29 is 0 Å². The summed E-state index contributed by atoms with van der Waals surface area (Å²) in [6, 6.07) is 2.33. The third-order valence-corrected chi connectivity index (χ3v) is 5.90. The predicted octanol–water partition coefficient (Wildman–Crippen LogP) is 3.34. The Bertz CT molecular complexity index is 417. The first-order chi connectivity index (χ1) is 9.78. The van der Waals surface area contributed by atoms with Crippen molar-refractivity contribution in [3.05, 3.63) is 16.1 Å². The summed E-state index contributed by atoms with van der Waals surface area (Å²) >= 11 is 1.83. The van der Waals surface area contributed by atoms with Crippen LogP contribution in [0.5, 0.6) is 0 Å². The van der Waals surface area contributed by atoms with Gasteiger partial charge in [0.25, 0.3) is 0 Å². The van der Waals surface area contributed by atoms with E-state index < -0.39 is 0 Å². The molecule has 3 heterocycles. The zero-order valence-corrected chi connectivity index (χ0v) is 13.6. The van der Waals surface area contributed by atoms with E-state index in [1.807, 2.05) is 16.8 Å². The van der Waals surface area contributed by atoms with Gasteiger partial charge >= 0.3 is 0 Å². The number of fused-ring (bicyclic) bond motifs is 2. The van der Waals surface area contributed by atoms with Gasteiger partial charge in [-0.15, -0.1) is 11.3 Å². The molecule has 0 aliphatic carbocycles. The molecule has 112 valence electrons. The topological polar surface area (TPSA) is 28.2 Å². The lowest BCUT2D eigenvalue weighted by molar-refractivity contribution is 0.0184. The second-order valence-corrected chi connectivity index (χ2v) is 7.33. The van der Waals surface area contributed by atoms with Crippen LogP contribution in [-0.2, 0) is 6.54 Å². The average molecular weight is 293 g/mol. The monoisotopic (exact) mass is 293 g/mol. The Labute approximate surface area is 126 Å². The van der Waals surface area contributed by atoms with Gasteiger partial charge in [0, 0.05) is 29.5 Å². The summed E-state index contributed by atoms with van der Waals surface area (Å²) in [6.07, 6.45) is 8.13. The Kier molecular flexibility index (Phi) is 4.74. The van der Waals surface area contributed by atoms with E-state index >= 15 is 0 Å². The Morgan fingerprint density at radius 1 is 1.35 bits per heavy atom. The molecule has 2 aliphatic heterocycles. The molecule has 0 saturated carbocycles. The second kappa shape index (κ2) is 6.54. The molecule has 0 amide bonds. The van der Waals surface area contributed by atoms with Crippen LogP contribution in [0.4, 0.5) is 0 Å². The minimum atomic E-state index is 0.754. The van der Waals surface area contributed by atoms with E-state index in [2.05, 4.69) is 29.0 Å². The number of hydrogen-bond donors (Lipinski definition) is 1. The number of piperidine rings is 2. The van der Waals surface area contributed by atoms with Crippen molar-refractivity contribution in [2.75, 3.05) is 6.54 Å². The molecule has 20 heavy (non-hydrogen) atoms. The summed E-state index contributed by atoms with van der Waals surface area (Å²) in [5, 5.41) is 3.75. The first-order valence-electron chi connectivity index (χ1n) is 8.16. The molecule has 2 bridgehead atoms. The van der Waals surface area contributed by atoms with E-state index in [1.165, 1.54) is 55.6 Å². The van der Waals surface area contributed by atoms with Crippen molar-refractivity contribution >= 4 is 11.3 Å². The molecule has 1 aromatic rings. The van der Waals surface area contributed by atoms with Gasteiger partial charge in [-0.1, -0.05) is 13.3 Å². The molecule has 3 nitrogen and oxygen atoms in total. The maximum atomic E-state index is 4.41. The summed E-state index contributed by atoms with van der Waals surface area (Å²) in [6.45, 7) is 6.72. The minimum absolute atomic E-state index is 0.754. The lowest BCUT2D eigenvalue weighted by Crippen LogP contribution is -2.55. The highest BCUT2D eigenvalue weighted by atomic mass is 32.1. The molecule has 0 aromatic carbocycles. The van der Waals surface area contributed by atoms with Crippen LogP contribution in [0.3, 0.4) is 0 Å². The summed E-state index contributed by atoms with van der Waals surface area (Å²) in [4.78, 5) is 8.67. The second-order valence-electron chi connectivity index (χ2n) is 6.39. The number of aromatic nitrogens is 1. The molecular formula is C16H27N3S. The first-order valence-corrected chi connectivity index (χ1v) is 9.04. The fraction of sp³-hybridized carbons (Fsp3) is 0.812. The summed E-state index contributed by atoms with van der Waals surface area (Å²) in [7, 11) is 0.